The van der Waals surface area contributed by atoms with Crippen molar-refractivity contribution in [1.29, 1.82) is 0 Å². The average Bonchev–Trinajstić information content (AvgIpc) is 2.14. The zero-order valence-corrected chi connectivity index (χ0v) is 8.01. The molecule has 5 heteroatoms. The van der Waals surface area contributed by atoms with E-state index in [1.54, 1.807) is 14.0 Å². The number of rotatable bonds is 6. The van der Waals surface area contributed by atoms with Crippen molar-refractivity contribution in [3.8, 4) is 0 Å². The van der Waals surface area contributed by atoms with Crippen molar-refractivity contribution in [3.63, 3.8) is 0 Å². The second kappa shape index (κ2) is 6.28. The molecular formula is C8H19NO4. The molecule has 0 aromatic carbocycles. The second-order valence-corrected chi connectivity index (χ2v) is 3.22. The van der Waals surface area contributed by atoms with Crippen molar-refractivity contribution in [2.24, 2.45) is 5.92 Å². The topological polar surface area (TPSA) is 93.0 Å². The molecule has 0 aromatic heterocycles. The molecule has 0 radical (unpaired) electrons. The SMILES string of the molecule is CNCC(O)[C@@H](O)[C@@H](C)C(O)CO. The van der Waals surface area contributed by atoms with E-state index >= 15 is 0 Å². The summed E-state index contributed by atoms with van der Waals surface area (Å²) >= 11 is 0. The van der Waals surface area contributed by atoms with Gasteiger partial charge >= 0.3 is 0 Å². The van der Waals surface area contributed by atoms with Gasteiger partial charge in [-0.25, -0.2) is 0 Å². The van der Waals surface area contributed by atoms with Gasteiger partial charge in [-0.1, -0.05) is 6.92 Å². The zero-order chi connectivity index (χ0) is 10.4. The van der Waals surface area contributed by atoms with Crippen molar-refractivity contribution in [2.45, 2.75) is 25.2 Å². The molecule has 0 aliphatic carbocycles. The number of aliphatic hydroxyl groups excluding tert-OH is 4. The highest BCUT2D eigenvalue weighted by Crippen LogP contribution is 2.11. The van der Waals surface area contributed by atoms with Crippen LogP contribution in [-0.2, 0) is 0 Å². The minimum Gasteiger partial charge on any atom is -0.394 e. The molecule has 2 unspecified atom stereocenters. The van der Waals surface area contributed by atoms with E-state index in [1.807, 2.05) is 0 Å². The van der Waals surface area contributed by atoms with Crippen LogP contribution in [0.15, 0.2) is 0 Å². The third-order valence-electron chi connectivity index (χ3n) is 2.14. The summed E-state index contributed by atoms with van der Waals surface area (Å²) in [4.78, 5) is 0. The van der Waals surface area contributed by atoms with Gasteiger partial charge in [0.05, 0.1) is 24.9 Å². The lowest BCUT2D eigenvalue weighted by Gasteiger charge is -2.26. The van der Waals surface area contributed by atoms with Crippen LogP contribution in [0.5, 0.6) is 0 Å². The molecule has 0 saturated carbocycles. The van der Waals surface area contributed by atoms with Gasteiger partial charge in [-0.3, -0.25) is 0 Å². The fourth-order valence-electron chi connectivity index (χ4n) is 1.07. The van der Waals surface area contributed by atoms with E-state index < -0.39 is 30.8 Å². The molecule has 0 aromatic rings. The Morgan fingerprint density at radius 3 is 2.08 bits per heavy atom. The number of likely N-dealkylation sites (N-methyl/N-ethyl adjacent to an activating group) is 1. The molecule has 0 spiro atoms. The van der Waals surface area contributed by atoms with E-state index in [-0.39, 0.29) is 6.54 Å². The van der Waals surface area contributed by atoms with E-state index in [9.17, 15) is 15.3 Å². The van der Waals surface area contributed by atoms with Crippen LogP contribution in [0.1, 0.15) is 6.92 Å². The van der Waals surface area contributed by atoms with Gasteiger partial charge in [0.1, 0.15) is 0 Å². The number of hydrogen-bond acceptors (Lipinski definition) is 5. The Balaban J connectivity index is 3.99. The van der Waals surface area contributed by atoms with Gasteiger partial charge < -0.3 is 25.7 Å². The summed E-state index contributed by atoms with van der Waals surface area (Å²) in [5.41, 5.74) is 0. The predicted octanol–water partition coefficient (Wildman–Crippen LogP) is -2.08. The molecule has 0 heterocycles. The van der Waals surface area contributed by atoms with Gasteiger partial charge in [-0.2, -0.15) is 0 Å². The molecule has 0 rings (SSSR count). The summed E-state index contributed by atoms with van der Waals surface area (Å²) in [6.07, 6.45) is -2.96. The zero-order valence-electron chi connectivity index (χ0n) is 8.01. The lowest BCUT2D eigenvalue weighted by Crippen LogP contribution is -2.43. The molecule has 5 nitrogen and oxygen atoms in total. The Morgan fingerprint density at radius 1 is 1.15 bits per heavy atom. The molecule has 0 bridgehead atoms. The van der Waals surface area contributed by atoms with E-state index in [0.717, 1.165) is 0 Å². The average molecular weight is 193 g/mol. The van der Waals surface area contributed by atoms with Crippen molar-refractivity contribution in [1.82, 2.24) is 5.32 Å². The van der Waals surface area contributed by atoms with Crippen LogP contribution < -0.4 is 5.32 Å². The molecule has 5 N–H and O–H groups in total. The van der Waals surface area contributed by atoms with Gasteiger partial charge in [-0.15, -0.1) is 0 Å². The van der Waals surface area contributed by atoms with E-state index in [4.69, 9.17) is 5.11 Å². The Labute approximate surface area is 78.0 Å². The first kappa shape index (κ1) is 12.8. The van der Waals surface area contributed by atoms with Gasteiger partial charge in [0.15, 0.2) is 0 Å². The van der Waals surface area contributed by atoms with Crippen LogP contribution in [0.4, 0.5) is 0 Å². The molecule has 4 atom stereocenters. The summed E-state index contributed by atoms with van der Waals surface area (Å²) in [7, 11) is 1.66. The lowest BCUT2D eigenvalue weighted by molar-refractivity contribution is -0.0619. The minimum atomic E-state index is -1.03. The maximum absolute atomic E-state index is 9.46. The molecular weight excluding hydrogens is 174 g/mol. The fraction of sp³-hybridized carbons (Fsp3) is 1.00. The van der Waals surface area contributed by atoms with Crippen LogP contribution in [0.3, 0.4) is 0 Å². The second-order valence-electron chi connectivity index (χ2n) is 3.22. The standard InChI is InChI=1S/C8H19NO4/c1-5(7(12)4-10)8(13)6(11)3-9-2/h5-13H,3-4H2,1-2H3/t5-,6?,7?,8-/m0/s1. The Morgan fingerprint density at radius 2 is 1.69 bits per heavy atom. The summed E-state index contributed by atoms with van der Waals surface area (Å²) in [5, 5.41) is 39.3. The fourth-order valence-corrected chi connectivity index (χ4v) is 1.07. The van der Waals surface area contributed by atoms with Crippen LogP contribution in [0, 0.1) is 5.92 Å². The van der Waals surface area contributed by atoms with Crippen LogP contribution >= 0.6 is 0 Å². The quantitative estimate of drug-likeness (QED) is 0.334. The first-order chi connectivity index (χ1) is 6.04. The first-order valence-electron chi connectivity index (χ1n) is 4.34. The van der Waals surface area contributed by atoms with Crippen molar-refractivity contribution in [2.75, 3.05) is 20.2 Å². The van der Waals surface area contributed by atoms with Gasteiger partial charge in [0, 0.05) is 12.5 Å². The molecule has 0 amide bonds. The normalized spacial score (nSPS) is 20.8. The van der Waals surface area contributed by atoms with Crippen molar-refractivity contribution in [3.05, 3.63) is 0 Å². The molecule has 80 valence electrons. The largest absolute Gasteiger partial charge is 0.394 e. The molecule has 0 aliphatic rings. The summed E-state index contributed by atoms with van der Waals surface area (Å²) < 4.78 is 0. The Hall–Kier alpha value is -0.200. The number of aliphatic hydroxyl groups is 4. The molecule has 0 aliphatic heterocycles. The Bertz CT molecular complexity index is 133. The predicted molar refractivity (Wildman–Crippen MR) is 48.2 cm³/mol. The number of nitrogens with one attached hydrogen (secondary N) is 1. The summed E-state index contributed by atoms with van der Waals surface area (Å²) in [5.74, 6) is -0.548. The van der Waals surface area contributed by atoms with Gasteiger partial charge in [-0.05, 0) is 7.05 Å². The van der Waals surface area contributed by atoms with Crippen molar-refractivity contribution >= 4 is 0 Å². The summed E-state index contributed by atoms with van der Waals surface area (Å²) in [6, 6.07) is 0. The lowest BCUT2D eigenvalue weighted by atomic mass is 9.94. The highest BCUT2D eigenvalue weighted by atomic mass is 16.3. The molecule has 13 heavy (non-hydrogen) atoms. The highest BCUT2D eigenvalue weighted by Gasteiger charge is 2.27. The molecule has 0 fully saturated rings. The monoisotopic (exact) mass is 193 g/mol. The molecule has 0 saturated heterocycles. The highest BCUT2D eigenvalue weighted by molar-refractivity contribution is 4.78. The van der Waals surface area contributed by atoms with Crippen molar-refractivity contribution < 1.29 is 20.4 Å². The maximum Gasteiger partial charge on any atom is 0.0926 e. The maximum atomic E-state index is 9.46. The van der Waals surface area contributed by atoms with Gasteiger partial charge in [0.2, 0.25) is 0 Å². The first-order valence-corrected chi connectivity index (χ1v) is 4.34. The minimum absolute atomic E-state index is 0.254. The third kappa shape index (κ3) is 4.02. The van der Waals surface area contributed by atoms with Crippen LogP contribution in [0.2, 0.25) is 0 Å². The smallest absolute Gasteiger partial charge is 0.0926 e. The van der Waals surface area contributed by atoms with Gasteiger partial charge in [0.25, 0.3) is 0 Å². The van der Waals surface area contributed by atoms with E-state index in [1.165, 1.54) is 0 Å². The van der Waals surface area contributed by atoms with E-state index in [0.29, 0.717) is 0 Å². The van der Waals surface area contributed by atoms with Crippen LogP contribution in [0.25, 0.3) is 0 Å². The summed E-state index contributed by atoms with van der Waals surface area (Å²) in [6.45, 7) is 1.42. The third-order valence-corrected chi connectivity index (χ3v) is 2.14. The number of hydrogen-bond donors (Lipinski definition) is 5. The van der Waals surface area contributed by atoms with E-state index in [2.05, 4.69) is 5.32 Å². The van der Waals surface area contributed by atoms with Crippen LogP contribution in [-0.4, -0.2) is 58.9 Å². The Kier molecular flexibility index (Phi) is 6.19.